The van der Waals surface area contributed by atoms with Crippen molar-refractivity contribution in [1.29, 1.82) is 0 Å². The van der Waals surface area contributed by atoms with Gasteiger partial charge in [0.25, 0.3) is 0 Å². The number of nitrogens with zero attached hydrogens (tertiary/aromatic N) is 3. The third-order valence-corrected chi connectivity index (χ3v) is 7.01. The molecule has 166 valence electrons. The second-order valence-electron chi connectivity index (χ2n) is 8.48. The van der Waals surface area contributed by atoms with E-state index in [-0.39, 0.29) is 24.5 Å². The van der Waals surface area contributed by atoms with E-state index < -0.39 is 0 Å². The zero-order chi connectivity index (χ0) is 21.6. The van der Waals surface area contributed by atoms with Crippen molar-refractivity contribution in [2.45, 2.75) is 51.6 Å². The van der Waals surface area contributed by atoms with E-state index in [0.29, 0.717) is 6.54 Å². The van der Waals surface area contributed by atoms with E-state index in [4.69, 9.17) is 4.74 Å². The summed E-state index contributed by atoms with van der Waals surface area (Å²) >= 11 is 1.64. The molecular weight excluding hydrogens is 410 g/mol. The quantitative estimate of drug-likeness (QED) is 0.587. The van der Waals surface area contributed by atoms with Crippen LogP contribution in [0.3, 0.4) is 0 Å². The number of fused-ring (bicyclic) bond motifs is 1. The van der Waals surface area contributed by atoms with E-state index in [1.165, 1.54) is 24.0 Å². The molecule has 0 atom stereocenters. The lowest BCUT2D eigenvalue weighted by Gasteiger charge is -2.25. The largest absolute Gasteiger partial charge is 0.379 e. The van der Waals surface area contributed by atoms with Crippen molar-refractivity contribution in [3.8, 4) is 0 Å². The number of rotatable bonds is 8. The van der Waals surface area contributed by atoms with Gasteiger partial charge in [-0.15, -0.1) is 11.3 Å². The first kappa shape index (κ1) is 22.1. The third-order valence-electron chi connectivity index (χ3n) is 6.12. The molecule has 1 aromatic heterocycles. The minimum atomic E-state index is -0.0194. The highest BCUT2D eigenvalue weighted by molar-refractivity contribution is 7.09. The summed E-state index contributed by atoms with van der Waals surface area (Å²) in [6.07, 6.45) is 5.07. The number of hydrogen-bond donors (Lipinski definition) is 0. The normalized spacial score (nSPS) is 16.7. The molecule has 2 aromatic rings. The number of amides is 1. The van der Waals surface area contributed by atoms with Gasteiger partial charge in [0, 0.05) is 43.9 Å². The van der Waals surface area contributed by atoms with Crippen LogP contribution in [-0.4, -0.2) is 59.8 Å². The van der Waals surface area contributed by atoms with Gasteiger partial charge in [0.2, 0.25) is 5.91 Å². The maximum atomic E-state index is 12.6. The summed E-state index contributed by atoms with van der Waals surface area (Å²) in [5, 5.41) is 3.10. The van der Waals surface area contributed by atoms with E-state index in [1.54, 1.807) is 23.3 Å². The Bertz CT molecular complexity index is 921. The standard InChI is InChI=1S/C24H31N3O3S/c1-26(15-21-17-31-23(25-21)16-27-10-12-30-13-11-27)24(29)9-8-22(28)20-7-6-18-4-2-3-5-19(18)14-20/h6-7,14,17H,2-5,8-13,15-16H2,1H3. The predicted molar refractivity (Wildman–Crippen MR) is 121 cm³/mol. The summed E-state index contributed by atoms with van der Waals surface area (Å²) in [5.74, 6) is 0.0330. The summed E-state index contributed by atoms with van der Waals surface area (Å²) < 4.78 is 5.39. The lowest BCUT2D eigenvalue weighted by molar-refractivity contribution is -0.130. The second-order valence-corrected chi connectivity index (χ2v) is 9.43. The SMILES string of the molecule is CN(Cc1csc(CN2CCOCC2)n1)C(=O)CCC(=O)c1ccc2c(c1)CCCC2. The minimum Gasteiger partial charge on any atom is -0.379 e. The van der Waals surface area contributed by atoms with Crippen molar-refractivity contribution in [1.82, 2.24) is 14.8 Å². The molecule has 0 spiro atoms. The molecule has 1 fully saturated rings. The molecule has 1 aromatic carbocycles. The summed E-state index contributed by atoms with van der Waals surface area (Å²) in [6.45, 7) is 4.74. The molecule has 31 heavy (non-hydrogen) atoms. The van der Waals surface area contributed by atoms with Crippen molar-refractivity contribution < 1.29 is 14.3 Å². The Morgan fingerprint density at radius 2 is 1.90 bits per heavy atom. The number of ether oxygens (including phenoxy) is 1. The first-order valence-corrected chi connectivity index (χ1v) is 12.1. The first-order valence-electron chi connectivity index (χ1n) is 11.2. The van der Waals surface area contributed by atoms with Gasteiger partial charge >= 0.3 is 0 Å². The summed E-state index contributed by atoms with van der Waals surface area (Å²) in [6, 6.07) is 6.05. The smallest absolute Gasteiger partial charge is 0.223 e. The van der Waals surface area contributed by atoms with Gasteiger partial charge in [0.15, 0.2) is 5.78 Å². The number of hydrogen-bond acceptors (Lipinski definition) is 6. The number of aromatic nitrogens is 1. The van der Waals surface area contributed by atoms with Crippen LogP contribution in [-0.2, 0) is 35.5 Å². The van der Waals surface area contributed by atoms with Crippen molar-refractivity contribution >= 4 is 23.0 Å². The number of aryl methyl sites for hydroxylation is 2. The number of morpholine rings is 1. The highest BCUT2D eigenvalue weighted by Crippen LogP contribution is 2.23. The lowest BCUT2D eigenvalue weighted by atomic mass is 9.89. The molecule has 0 unspecified atom stereocenters. The van der Waals surface area contributed by atoms with Crippen LogP contribution in [0.2, 0.25) is 0 Å². The average molecular weight is 442 g/mol. The number of ketones is 1. The molecule has 1 amide bonds. The molecule has 1 aliphatic heterocycles. The molecule has 0 saturated carbocycles. The van der Waals surface area contributed by atoms with Crippen molar-refractivity contribution in [3.63, 3.8) is 0 Å². The topological polar surface area (TPSA) is 62.7 Å². The second kappa shape index (κ2) is 10.5. The predicted octanol–water partition coefficient (Wildman–Crippen LogP) is 3.48. The molecule has 7 heteroatoms. The highest BCUT2D eigenvalue weighted by atomic mass is 32.1. The van der Waals surface area contributed by atoms with E-state index in [0.717, 1.165) is 62.0 Å². The molecular formula is C24H31N3O3S. The Labute approximate surface area is 188 Å². The molecule has 0 radical (unpaired) electrons. The van der Waals surface area contributed by atoms with Gasteiger partial charge in [-0.3, -0.25) is 14.5 Å². The maximum absolute atomic E-state index is 12.6. The van der Waals surface area contributed by atoms with Crippen molar-refractivity contribution in [2.75, 3.05) is 33.4 Å². The number of carbonyl (C=O) groups excluding carboxylic acids is 2. The lowest BCUT2D eigenvalue weighted by Crippen LogP contribution is -2.35. The Morgan fingerprint density at radius 1 is 1.13 bits per heavy atom. The van der Waals surface area contributed by atoms with E-state index >= 15 is 0 Å². The fraction of sp³-hybridized carbons (Fsp3) is 0.542. The van der Waals surface area contributed by atoms with Gasteiger partial charge < -0.3 is 9.64 Å². The fourth-order valence-electron chi connectivity index (χ4n) is 4.24. The molecule has 1 aliphatic carbocycles. The summed E-state index contributed by atoms with van der Waals surface area (Å²) in [4.78, 5) is 33.9. The number of thiazole rings is 1. The Kier molecular flexibility index (Phi) is 7.48. The number of carbonyl (C=O) groups is 2. The van der Waals surface area contributed by atoms with E-state index in [2.05, 4.69) is 16.0 Å². The molecule has 6 nitrogen and oxygen atoms in total. The van der Waals surface area contributed by atoms with Crippen LogP contribution in [0.4, 0.5) is 0 Å². The molecule has 2 aliphatic rings. The first-order chi connectivity index (χ1) is 15.1. The van der Waals surface area contributed by atoms with Gasteiger partial charge in [0.05, 0.1) is 32.0 Å². The molecule has 4 rings (SSSR count). The van der Waals surface area contributed by atoms with E-state index in [9.17, 15) is 9.59 Å². The highest BCUT2D eigenvalue weighted by Gasteiger charge is 2.17. The average Bonchev–Trinajstić information content (AvgIpc) is 3.24. The Hall–Kier alpha value is -2.09. The van der Waals surface area contributed by atoms with Crippen molar-refractivity contribution in [2.24, 2.45) is 0 Å². The number of Topliss-reactive ketones (excluding diaryl/α,β-unsaturated/α-hetero) is 1. The summed E-state index contributed by atoms with van der Waals surface area (Å²) in [7, 11) is 1.78. The zero-order valence-corrected chi connectivity index (χ0v) is 19.1. The molecule has 1 saturated heterocycles. The molecule has 0 N–H and O–H groups in total. The maximum Gasteiger partial charge on any atom is 0.223 e. The third kappa shape index (κ3) is 5.99. The van der Waals surface area contributed by atoms with Gasteiger partial charge in [-0.2, -0.15) is 0 Å². The van der Waals surface area contributed by atoms with Crippen LogP contribution in [0.15, 0.2) is 23.6 Å². The van der Waals surface area contributed by atoms with Gasteiger partial charge in [-0.25, -0.2) is 4.98 Å². The monoisotopic (exact) mass is 441 g/mol. The Morgan fingerprint density at radius 3 is 2.71 bits per heavy atom. The summed E-state index contributed by atoms with van der Waals surface area (Å²) in [5.41, 5.74) is 4.32. The van der Waals surface area contributed by atoms with E-state index in [1.807, 2.05) is 17.5 Å². The Balaban J connectivity index is 1.24. The van der Waals surface area contributed by atoms with Crippen LogP contribution < -0.4 is 0 Å². The van der Waals surface area contributed by atoms with Crippen LogP contribution >= 0.6 is 11.3 Å². The van der Waals surface area contributed by atoms with Gasteiger partial charge in [-0.05, 0) is 42.9 Å². The fourth-order valence-corrected chi connectivity index (χ4v) is 5.06. The molecule has 0 bridgehead atoms. The minimum absolute atomic E-state index is 0.0194. The van der Waals surface area contributed by atoms with Crippen LogP contribution in [0.5, 0.6) is 0 Å². The van der Waals surface area contributed by atoms with Gasteiger partial charge in [-0.1, -0.05) is 12.1 Å². The zero-order valence-electron chi connectivity index (χ0n) is 18.3. The van der Waals surface area contributed by atoms with Crippen LogP contribution in [0.25, 0.3) is 0 Å². The van der Waals surface area contributed by atoms with Gasteiger partial charge in [0.1, 0.15) is 5.01 Å². The molecule has 2 heterocycles. The van der Waals surface area contributed by atoms with Crippen LogP contribution in [0.1, 0.15) is 57.9 Å². The van der Waals surface area contributed by atoms with Crippen LogP contribution in [0, 0.1) is 0 Å². The number of benzene rings is 1. The van der Waals surface area contributed by atoms with Crippen molar-refractivity contribution in [3.05, 3.63) is 51.0 Å².